The Kier molecular flexibility index (Phi) is 4.31. The number of halogens is 1. The number of sulfonamides is 1. The molecule has 0 radical (unpaired) electrons. The molecule has 1 aliphatic rings. The van der Waals surface area contributed by atoms with Gasteiger partial charge in [-0.15, -0.1) is 11.3 Å². The summed E-state index contributed by atoms with van der Waals surface area (Å²) in [5, 5.41) is 0. The van der Waals surface area contributed by atoms with Crippen LogP contribution in [0, 0.1) is 0 Å². The lowest BCUT2D eigenvalue weighted by Crippen LogP contribution is -2.29. The molecule has 1 aromatic heterocycles. The molecule has 0 saturated carbocycles. The van der Waals surface area contributed by atoms with Crippen LogP contribution in [0.5, 0.6) is 11.5 Å². The summed E-state index contributed by atoms with van der Waals surface area (Å²) < 4.78 is 38.0. The summed E-state index contributed by atoms with van der Waals surface area (Å²) in [7, 11) is -3.55. The number of ether oxygens (including phenoxy) is 2. The molecule has 0 bridgehead atoms. The van der Waals surface area contributed by atoms with Gasteiger partial charge in [0.15, 0.2) is 11.5 Å². The van der Waals surface area contributed by atoms with Gasteiger partial charge in [-0.25, -0.2) is 8.42 Å². The molecule has 2 aromatic rings. The number of rotatable bonds is 5. The predicted molar refractivity (Wildman–Crippen MR) is 85.2 cm³/mol. The summed E-state index contributed by atoms with van der Waals surface area (Å²) in [6.07, 6.45) is 0. The van der Waals surface area contributed by atoms with E-state index < -0.39 is 10.0 Å². The van der Waals surface area contributed by atoms with E-state index in [4.69, 9.17) is 21.1 Å². The second-order valence-electron chi connectivity index (χ2n) is 4.68. The van der Waals surface area contributed by atoms with Crippen molar-refractivity contribution in [2.75, 3.05) is 13.3 Å². The minimum absolute atomic E-state index is 0.197. The van der Waals surface area contributed by atoms with E-state index in [2.05, 4.69) is 0 Å². The van der Waals surface area contributed by atoms with Gasteiger partial charge in [0.25, 0.3) is 10.0 Å². The number of thiophene rings is 1. The van der Waals surface area contributed by atoms with Crippen molar-refractivity contribution in [3.05, 3.63) is 40.2 Å². The Bertz CT molecular complexity index is 788. The van der Waals surface area contributed by atoms with Crippen molar-refractivity contribution in [3.63, 3.8) is 0 Å². The molecule has 0 amide bonds. The van der Waals surface area contributed by atoms with E-state index in [1.165, 1.54) is 10.4 Å². The molecule has 0 atom stereocenters. The van der Waals surface area contributed by atoms with Gasteiger partial charge in [0, 0.05) is 13.1 Å². The SMILES string of the molecule is CCN(Cc1ccc2c(c1)OCO2)S(=O)(=O)c1ccc(Cl)s1. The van der Waals surface area contributed by atoms with Gasteiger partial charge >= 0.3 is 0 Å². The zero-order valence-corrected chi connectivity index (χ0v) is 14.2. The average Bonchev–Trinajstić information content (AvgIpc) is 3.12. The zero-order chi connectivity index (χ0) is 15.7. The summed E-state index contributed by atoms with van der Waals surface area (Å²) >= 11 is 6.90. The number of fused-ring (bicyclic) bond motifs is 1. The third kappa shape index (κ3) is 2.94. The average molecular weight is 360 g/mol. The normalized spacial score (nSPS) is 13.8. The smallest absolute Gasteiger partial charge is 0.252 e. The molecule has 0 spiro atoms. The Balaban J connectivity index is 1.85. The molecule has 0 N–H and O–H groups in total. The third-order valence-electron chi connectivity index (χ3n) is 3.29. The molecular weight excluding hydrogens is 346 g/mol. The number of hydrogen-bond acceptors (Lipinski definition) is 5. The molecule has 8 heteroatoms. The van der Waals surface area contributed by atoms with Gasteiger partial charge in [0.1, 0.15) is 4.21 Å². The van der Waals surface area contributed by atoms with E-state index in [1.807, 2.05) is 12.1 Å². The first-order valence-corrected chi connectivity index (χ1v) is 9.28. The maximum atomic E-state index is 12.6. The van der Waals surface area contributed by atoms with Crippen LogP contribution in [0.2, 0.25) is 4.34 Å². The van der Waals surface area contributed by atoms with Crippen molar-refractivity contribution in [1.82, 2.24) is 4.31 Å². The number of benzene rings is 1. The summed E-state index contributed by atoms with van der Waals surface area (Å²) in [5.74, 6) is 1.32. The second kappa shape index (κ2) is 6.08. The quantitative estimate of drug-likeness (QED) is 0.821. The van der Waals surface area contributed by atoms with Gasteiger partial charge in [-0.05, 0) is 29.8 Å². The molecule has 3 rings (SSSR count). The van der Waals surface area contributed by atoms with E-state index in [9.17, 15) is 8.42 Å². The van der Waals surface area contributed by atoms with Crippen LogP contribution < -0.4 is 9.47 Å². The van der Waals surface area contributed by atoms with E-state index >= 15 is 0 Å². The van der Waals surface area contributed by atoms with Crippen LogP contribution in [0.3, 0.4) is 0 Å². The topological polar surface area (TPSA) is 55.8 Å². The third-order valence-corrected chi connectivity index (χ3v) is 6.91. The Hall–Kier alpha value is -1.28. The fraction of sp³-hybridized carbons (Fsp3) is 0.286. The highest BCUT2D eigenvalue weighted by Gasteiger charge is 2.25. The molecular formula is C14H14ClNO4S2. The summed E-state index contributed by atoms with van der Waals surface area (Å²) in [4.78, 5) is 0. The van der Waals surface area contributed by atoms with E-state index in [0.717, 1.165) is 16.9 Å². The lowest BCUT2D eigenvalue weighted by Gasteiger charge is -2.19. The standard InChI is InChI=1S/C14H14ClNO4S2/c1-2-16(22(17,18)14-6-5-13(15)21-14)8-10-3-4-11-12(7-10)20-9-19-11/h3-7H,2,8-9H2,1H3. The van der Waals surface area contributed by atoms with Crippen LogP contribution in [0.4, 0.5) is 0 Å². The van der Waals surface area contributed by atoms with E-state index in [0.29, 0.717) is 22.4 Å². The first kappa shape index (κ1) is 15.6. The minimum atomic E-state index is -3.55. The molecule has 5 nitrogen and oxygen atoms in total. The fourth-order valence-corrected chi connectivity index (χ4v) is 5.25. The fourth-order valence-electron chi connectivity index (χ4n) is 2.17. The van der Waals surface area contributed by atoms with Gasteiger partial charge in [0.2, 0.25) is 6.79 Å². The lowest BCUT2D eigenvalue weighted by molar-refractivity contribution is 0.174. The molecule has 22 heavy (non-hydrogen) atoms. The molecule has 2 heterocycles. The van der Waals surface area contributed by atoms with Crippen LogP contribution in [0.1, 0.15) is 12.5 Å². The van der Waals surface area contributed by atoms with Crippen LogP contribution in [0.25, 0.3) is 0 Å². The maximum absolute atomic E-state index is 12.6. The highest BCUT2D eigenvalue weighted by molar-refractivity contribution is 7.91. The molecule has 0 fully saturated rings. The van der Waals surface area contributed by atoms with Crippen molar-refractivity contribution in [2.24, 2.45) is 0 Å². The lowest BCUT2D eigenvalue weighted by atomic mass is 10.2. The maximum Gasteiger partial charge on any atom is 0.252 e. The molecule has 118 valence electrons. The molecule has 0 saturated heterocycles. The molecule has 0 aliphatic carbocycles. The number of hydrogen-bond donors (Lipinski definition) is 0. The Morgan fingerprint density at radius 1 is 1.23 bits per heavy atom. The van der Waals surface area contributed by atoms with Crippen molar-refractivity contribution in [3.8, 4) is 11.5 Å². The highest BCUT2D eigenvalue weighted by Crippen LogP contribution is 2.34. The van der Waals surface area contributed by atoms with Gasteiger partial charge in [-0.3, -0.25) is 0 Å². The monoisotopic (exact) mass is 359 g/mol. The first-order chi connectivity index (χ1) is 10.5. The highest BCUT2D eigenvalue weighted by atomic mass is 35.5. The van der Waals surface area contributed by atoms with E-state index in [1.54, 1.807) is 19.1 Å². The predicted octanol–water partition coefficient (Wildman–Crippen LogP) is 3.34. The minimum Gasteiger partial charge on any atom is -0.454 e. The zero-order valence-electron chi connectivity index (χ0n) is 11.8. The summed E-state index contributed by atoms with van der Waals surface area (Å²) in [6.45, 7) is 2.64. The Labute approximate surface area is 138 Å². The summed E-state index contributed by atoms with van der Waals surface area (Å²) in [5.41, 5.74) is 0.845. The molecule has 0 unspecified atom stereocenters. The molecule has 1 aliphatic heterocycles. The van der Waals surface area contributed by atoms with Gasteiger partial charge in [-0.2, -0.15) is 4.31 Å². The van der Waals surface area contributed by atoms with Crippen molar-refractivity contribution in [1.29, 1.82) is 0 Å². The second-order valence-corrected chi connectivity index (χ2v) is 8.56. The van der Waals surface area contributed by atoms with Crippen LogP contribution in [0.15, 0.2) is 34.5 Å². The van der Waals surface area contributed by atoms with Crippen LogP contribution >= 0.6 is 22.9 Å². The van der Waals surface area contributed by atoms with Gasteiger partial charge < -0.3 is 9.47 Å². The van der Waals surface area contributed by atoms with Crippen LogP contribution in [-0.4, -0.2) is 26.1 Å². The van der Waals surface area contributed by atoms with Crippen LogP contribution in [-0.2, 0) is 16.6 Å². The van der Waals surface area contributed by atoms with Crippen molar-refractivity contribution in [2.45, 2.75) is 17.7 Å². The first-order valence-electron chi connectivity index (χ1n) is 6.64. The van der Waals surface area contributed by atoms with Crippen molar-refractivity contribution >= 4 is 33.0 Å². The summed E-state index contributed by atoms with van der Waals surface area (Å²) in [6, 6.07) is 8.56. The molecule has 1 aromatic carbocycles. The van der Waals surface area contributed by atoms with Gasteiger partial charge in [0.05, 0.1) is 4.34 Å². The Morgan fingerprint density at radius 2 is 2.00 bits per heavy atom. The largest absolute Gasteiger partial charge is 0.454 e. The van der Waals surface area contributed by atoms with Gasteiger partial charge in [-0.1, -0.05) is 24.6 Å². The Morgan fingerprint density at radius 3 is 2.68 bits per heavy atom. The van der Waals surface area contributed by atoms with E-state index in [-0.39, 0.29) is 17.5 Å². The number of nitrogens with zero attached hydrogens (tertiary/aromatic N) is 1. The van der Waals surface area contributed by atoms with Crippen molar-refractivity contribution < 1.29 is 17.9 Å².